The van der Waals surface area contributed by atoms with Crippen LogP contribution in [0, 0.1) is 5.92 Å². The number of aliphatic hydroxyl groups excluding tert-OH is 1. The molecule has 91 heavy (non-hydrogen) atoms. The number of hydrogen-bond acceptors (Lipinski definition) is 15. The van der Waals surface area contributed by atoms with Crippen LogP contribution in [-0.2, 0) is 65.4 Å². The highest BCUT2D eigenvalue weighted by atomic mass is 31.2. The van der Waals surface area contributed by atoms with E-state index in [9.17, 15) is 43.2 Å². The highest BCUT2D eigenvalue weighted by Gasteiger charge is 2.30. The van der Waals surface area contributed by atoms with Crippen LogP contribution in [-0.4, -0.2) is 96.7 Å². The van der Waals surface area contributed by atoms with Crippen LogP contribution in [0.5, 0.6) is 0 Å². The van der Waals surface area contributed by atoms with Gasteiger partial charge < -0.3 is 33.8 Å². The van der Waals surface area contributed by atoms with Crippen molar-refractivity contribution < 1.29 is 80.2 Å². The SMILES string of the molecule is CCCCCCCCCCCCCCCCCCC(=O)OC[C@H](COP(=O)(O)OC[C@@H](O)COP(=O)(O)OC[C@@H](COC(=O)CCCCCCCCC)OC(=O)CCCCCCCCCCC(C)CC)OC(=O)CCCCCCCCCCCCCCCCCC. The Hall–Kier alpha value is -1.94. The Balaban J connectivity index is 5.20. The molecule has 540 valence electrons. The van der Waals surface area contributed by atoms with E-state index in [-0.39, 0.29) is 25.7 Å². The predicted molar refractivity (Wildman–Crippen MR) is 368 cm³/mol. The summed E-state index contributed by atoms with van der Waals surface area (Å²) < 4.78 is 68.3. The van der Waals surface area contributed by atoms with Crippen LogP contribution in [0.2, 0.25) is 0 Å². The summed E-state index contributed by atoms with van der Waals surface area (Å²) in [5, 5.41) is 10.6. The summed E-state index contributed by atoms with van der Waals surface area (Å²) in [4.78, 5) is 72.5. The molecule has 19 heteroatoms. The lowest BCUT2D eigenvalue weighted by molar-refractivity contribution is -0.161. The Kier molecular flexibility index (Phi) is 64.0. The number of phosphoric acid groups is 2. The van der Waals surface area contributed by atoms with Crippen molar-refractivity contribution in [2.24, 2.45) is 5.92 Å². The maximum atomic E-state index is 13.0. The van der Waals surface area contributed by atoms with Gasteiger partial charge in [0.15, 0.2) is 12.2 Å². The van der Waals surface area contributed by atoms with Crippen LogP contribution in [0.4, 0.5) is 0 Å². The molecule has 3 N–H and O–H groups in total. The maximum Gasteiger partial charge on any atom is 0.472 e. The monoisotopic (exact) mass is 1340 g/mol. The molecule has 0 aromatic carbocycles. The second-order valence-electron chi connectivity index (χ2n) is 26.2. The van der Waals surface area contributed by atoms with Gasteiger partial charge in [0.2, 0.25) is 0 Å². The fourth-order valence-electron chi connectivity index (χ4n) is 11.0. The van der Waals surface area contributed by atoms with E-state index < -0.39 is 97.5 Å². The zero-order valence-electron chi connectivity index (χ0n) is 59.0. The minimum atomic E-state index is -4.95. The molecule has 0 fully saturated rings. The quantitative estimate of drug-likeness (QED) is 0.0222. The number of phosphoric ester groups is 2. The Labute approximate surface area is 556 Å². The summed E-state index contributed by atoms with van der Waals surface area (Å²) in [5.41, 5.74) is 0. The molecule has 0 amide bonds. The van der Waals surface area contributed by atoms with Gasteiger partial charge in [-0.25, -0.2) is 9.13 Å². The second-order valence-corrected chi connectivity index (χ2v) is 29.1. The maximum absolute atomic E-state index is 13.0. The van der Waals surface area contributed by atoms with Crippen molar-refractivity contribution in [1.29, 1.82) is 0 Å². The molecule has 6 atom stereocenters. The van der Waals surface area contributed by atoms with E-state index >= 15 is 0 Å². The minimum absolute atomic E-state index is 0.105. The van der Waals surface area contributed by atoms with E-state index in [1.807, 2.05) is 0 Å². The Morgan fingerprint density at radius 2 is 0.527 bits per heavy atom. The molecule has 0 radical (unpaired) electrons. The molecule has 0 aromatic rings. The van der Waals surface area contributed by atoms with E-state index in [0.29, 0.717) is 25.7 Å². The van der Waals surface area contributed by atoms with Crippen LogP contribution < -0.4 is 0 Å². The zero-order valence-corrected chi connectivity index (χ0v) is 60.8. The summed E-state index contributed by atoms with van der Waals surface area (Å²) in [5.74, 6) is -1.35. The molecule has 0 heterocycles. The first-order chi connectivity index (χ1) is 44.1. The van der Waals surface area contributed by atoms with Crippen molar-refractivity contribution >= 4 is 39.5 Å². The van der Waals surface area contributed by atoms with Gasteiger partial charge >= 0.3 is 39.5 Å². The van der Waals surface area contributed by atoms with Crippen LogP contribution in [0.25, 0.3) is 0 Å². The molecule has 0 aliphatic carbocycles. The van der Waals surface area contributed by atoms with Gasteiger partial charge in [0.25, 0.3) is 0 Å². The van der Waals surface area contributed by atoms with E-state index in [4.69, 9.17) is 37.0 Å². The van der Waals surface area contributed by atoms with Crippen molar-refractivity contribution in [3.63, 3.8) is 0 Å². The number of aliphatic hydroxyl groups is 1. The number of unbranched alkanes of at least 4 members (excludes halogenated alkanes) is 43. The number of carbonyl (C=O) groups excluding carboxylic acids is 4. The average molecular weight is 1340 g/mol. The third-order valence-electron chi connectivity index (χ3n) is 17.1. The summed E-state index contributed by atoms with van der Waals surface area (Å²) in [6.07, 6.45) is 52.8. The lowest BCUT2D eigenvalue weighted by atomic mass is 9.99. The lowest BCUT2D eigenvalue weighted by Gasteiger charge is -2.21. The largest absolute Gasteiger partial charge is 0.472 e. The van der Waals surface area contributed by atoms with Gasteiger partial charge in [0.1, 0.15) is 19.3 Å². The third-order valence-corrected chi connectivity index (χ3v) is 19.0. The lowest BCUT2D eigenvalue weighted by Crippen LogP contribution is -2.30. The van der Waals surface area contributed by atoms with Crippen molar-refractivity contribution in [1.82, 2.24) is 0 Å². The smallest absolute Gasteiger partial charge is 0.462 e. The highest BCUT2D eigenvalue weighted by Crippen LogP contribution is 2.45. The van der Waals surface area contributed by atoms with Crippen molar-refractivity contribution in [3.05, 3.63) is 0 Å². The van der Waals surface area contributed by atoms with Gasteiger partial charge in [-0.15, -0.1) is 0 Å². The number of hydrogen-bond donors (Lipinski definition) is 3. The first-order valence-electron chi connectivity index (χ1n) is 37.7. The zero-order chi connectivity index (χ0) is 67.0. The van der Waals surface area contributed by atoms with Crippen molar-refractivity contribution in [2.45, 2.75) is 393 Å². The molecule has 0 aromatic heterocycles. The Morgan fingerprint density at radius 3 is 0.780 bits per heavy atom. The second kappa shape index (κ2) is 65.4. The molecule has 0 aliphatic heterocycles. The molecular formula is C72H140O17P2. The van der Waals surface area contributed by atoms with Crippen LogP contribution in [0.1, 0.15) is 375 Å². The fraction of sp³-hybridized carbons (Fsp3) is 0.944. The molecular weight excluding hydrogens is 1200 g/mol. The van der Waals surface area contributed by atoms with Crippen LogP contribution >= 0.6 is 15.6 Å². The van der Waals surface area contributed by atoms with Gasteiger partial charge in [0, 0.05) is 25.7 Å². The van der Waals surface area contributed by atoms with Crippen LogP contribution in [0.15, 0.2) is 0 Å². The molecule has 0 rings (SSSR count). The fourth-order valence-corrected chi connectivity index (χ4v) is 12.5. The third kappa shape index (κ3) is 65.1. The van der Waals surface area contributed by atoms with E-state index in [0.717, 1.165) is 109 Å². The Bertz CT molecular complexity index is 1760. The summed E-state index contributed by atoms with van der Waals surface area (Å²) in [6.45, 7) is 7.22. The normalized spacial score (nSPS) is 14.3. The first kappa shape index (κ1) is 89.1. The molecule has 0 spiro atoms. The number of ether oxygens (including phenoxy) is 4. The van der Waals surface area contributed by atoms with Gasteiger partial charge in [-0.1, -0.05) is 324 Å². The van der Waals surface area contributed by atoms with Crippen LogP contribution in [0.3, 0.4) is 0 Å². The van der Waals surface area contributed by atoms with E-state index in [1.54, 1.807) is 0 Å². The summed E-state index contributed by atoms with van der Waals surface area (Å²) in [7, 11) is -9.90. The highest BCUT2D eigenvalue weighted by molar-refractivity contribution is 7.47. The standard InChI is InChI=1S/C72H140O17P2/c1-6-10-13-16-19-21-23-25-27-29-31-33-35-41-46-51-56-70(75)83-62-68(88-71(76)57-52-47-42-36-34-32-30-28-26-24-22-20-17-14-11-7-2)64-87-91(80,81)85-60-66(73)59-84-90(78,79)86-63-67(61-82-69(74)55-50-45-39-18-15-12-8-3)89-72(77)58-53-48-43-38-37-40-44-49-54-65(5)9-4/h65-68,73H,6-64H2,1-5H3,(H,78,79)(H,80,81)/t65?,66-,67+,68+/m0/s1. The summed E-state index contributed by atoms with van der Waals surface area (Å²) in [6, 6.07) is 0. The molecule has 17 nitrogen and oxygen atoms in total. The molecule has 0 bridgehead atoms. The van der Waals surface area contributed by atoms with E-state index in [1.165, 1.54) is 186 Å². The molecule has 0 aliphatic rings. The number of esters is 4. The van der Waals surface area contributed by atoms with Gasteiger partial charge in [0.05, 0.1) is 26.4 Å². The molecule has 3 unspecified atom stereocenters. The number of carbonyl (C=O) groups is 4. The molecule has 0 saturated carbocycles. The van der Waals surface area contributed by atoms with E-state index in [2.05, 4.69) is 34.6 Å². The minimum Gasteiger partial charge on any atom is -0.462 e. The van der Waals surface area contributed by atoms with Gasteiger partial charge in [-0.05, 0) is 31.6 Å². The van der Waals surface area contributed by atoms with Crippen molar-refractivity contribution in [3.8, 4) is 0 Å². The molecule has 0 saturated heterocycles. The summed E-state index contributed by atoms with van der Waals surface area (Å²) >= 11 is 0. The first-order valence-corrected chi connectivity index (χ1v) is 40.7. The van der Waals surface area contributed by atoms with Gasteiger partial charge in [-0.2, -0.15) is 0 Å². The predicted octanol–water partition coefficient (Wildman–Crippen LogP) is 20.9. The average Bonchev–Trinajstić information content (AvgIpc) is 3.68. The number of rotatable bonds is 72. The topological polar surface area (TPSA) is 237 Å². The Morgan fingerprint density at radius 1 is 0.308 bits per heavy atom. The van der Waals surface area contributed by atoms with Crippen molar-refractivity contribution in [2.75, 3.05) is 39.6 Å². The van der Waals surface area contributed by atoms with Gasteiger partial charge in [-0.3, -0.25) is 37.3 Å².